The molecule has 0 aromatic heterocycles. The van der Waals surface area contributed by atoms with E-state index in [-0.39, 0.29) is 6.04 Å². The Morgan fingerprint density at radius 3 is 2.59 bits per heavy atom. The van der Waals surface area contributed by atoms with E-state index < -0.39 is 0 Å². The van der Waals surface area contributed by atoms with Gasteiger partial charge in [-0.2, -0.15) is 0 Å². The summed E-state index contributed by atoms with van der Waals surface area (Å²) in [4.78, 5) is 4.61. The summed E-state index contributed by atoms with van der Waals surface area (Å²) < 4.78 is 5.07. The third kappa shape index (κ3) is 4.91. The molecular weight excluding hydrogens is 216 g/mol. The van der Waals surface area contributed by atoms with Crippen LogP contribution in [0.2, 0.25) is 0 Å². The lowest BCUT2D eigenvalue weighted by molar-refractivity contribution is 0.179. The average Bonchev–Trinajstić information content (AvgIpc) is 2.81. The molecular formula is C12H26N4O. The van der Waals surface area contributed by atoms with Gasteiger partial charge in [-0.15, -0.1) is 0 Å². The number of methoxy groups -OCH3 is 1. The topological polar surface area (TPSA) is 71.7 Å². The van der Waals surface area contributed by atoms with Gasteiger partial charge in [-0.3, -0.25) is 5.43 Å². The van der Waals surface area contributed by atoms with Gasteiger partial charge in [0.25, 0.3) is 0 Å². The van der Waals surface area contributed by atoms with Gasteiger partial charge in [-0.1, -0.05) is 12.8 Å². The molecule has 0 aliphatic heterocycles. The van der Waals surface area contributed by atoms with E-state index in [1.165, 1.54) is 25.7 Å². The molecule has 2 unspecified atom stereocenters. The quantitative estimate of drug-likeness (QED) is 0.291. The van der Waals surface area contributed by atoms with Gasteiger partial charge >= 0.3 is 0 Å². The van der Waals surface area contributed by atoms with E-state index in [9.17, 15) is 0 Å². The van der Waals surface area contributed by atoms with Crippen LogP contribution < -0.4 is 16.6 Å². The van der Waals surface area contributed by atoms with Crippen molar-refractivity contribution in [2.75, 3.05) is 13.7 Å². The van der Waals surface area contributed by atoms with E-state index in [0.717, 1.165) is 0 Å². The van der Waals surface area contributed by atoms with Crippen LogP contribution in [0.4, 0.5) is 0 Å². The van der Waals surface area contributed by atoms with Crippen molar-refractivity contribution in [3.05, 3.63) is 0 Å². The SMILES string of the molecule is COCC(C)NC(=NC(C)C1CCCC1)NN. The Bertz CT molecular complexity index is 239. The first kappa shape index (κ1) is 14.3. The lowest BCUT2D eigenvalue weighted by atomic mass is 10.0. The lowest BCUT2D eigenvalue weighted by Crippen LogP contribution is -2.47. The van der Waals surface area contributed by atoms with Crippen LogP contribution in [0.25, 0.3) is 0 Å². The fraction of sp³-hybridized carbons (Fsp3) is 0.917. The molecule has 0 amide bonds. The number of aliphatic imine (C=N–C) groups is 1. The molecule has 5 nitrogen and oxygen atoms in total. The fourth-order valence-corrected chi connectivity index (χ4v) is 2.39. The van der Waals surface area contributed by atoms with Crippen LogP contribution in [0.5, 0.6) is 0 Å². The van der Waals surface area contributed by atoms with Gasteiger partial charge in [0, 0.05) is 13.2 Å². The molecule has 1 aliphatic carbocycles. The molecule has 1 saturated carbocycles. The van der Waals surface area contributed by atoms with E-state index in [1.807, 2.05) is 6.92 Å². The highest BCUT2D eigenvalue weighted by Gasteiger charge is 2.21. The zero-order chi connectivity index (χ0) is 12.7. The van der Waals surface area contributed by atoms with E-state index in [0.29, 0.717) is 24.5 Å². The molecule has 1 fully saturated rings. The minimum atomic E-state index is 0.200. The number of hydrogen-bond acceptors (Lipinski definition) is 3. The Balaban J connectivity index is 2.46. The van der Waals surface area contributed by atoms with Crippen LogP contribution >= 0.6 is 0 Å². The van der Waals surface area contributed by atoms with Crippen molar-refractivity contribution in [1.29, 1.82) is 0 Å². The van der Waals surface area contributed by atoms with Crippen molar-refractivity contribution in [1.82, 2.24) is 10.7 Å². The van der Waals surface area contributed by atoms with Crippen molar-refractivity contribution in [3.63, 3.8) is 0 Å². The molecule has 0 heterocycles. The van der Waals surface area contributed by atoms with Crippen LogP contribution in [-0.4, -0.2) is 31.8 Å². The first-order valence-corrected chi connectivity index (χ1v) is 6.47. The molecule has 0 aromatic rings. The van der Waals surface area contributed by atoms with Crippen molar-refractivity contribution in [2.45, 2.75) is 51.6 Å². The molecule has 0 spiro atoms. The summed E-state index contributed by atoms with van der Waals surface area (Å²) in [6, 6.07) is 0.524. The summed E-state index contributed by atoms with van der Waals surface area (Å²) in [6.07, 6.45) is 5.25. The number of nitrogens with one attached hydrogen (secondary N) is 2. The van der Waals surface area contributed by atoms with Gasteiger partial charge in [-0.25, -0.2) is 10.8 Å². The maximum Gasteiger partial charge on any atom is 0.206 e. The molecule has 0 saturated heterocycles. The van der Waals surface area contributed by atoms with E-state index >= 15 is 0 Å². The minimum absolute atomic E-state index is 0.200. The van der Waals surface area contributed by atoms with E-state index in [2.05, 4.69) is 22.7 Å². The van der Waals surface area contributed by atoms with Gasteiger partial charge in [0.1, 0.15) is 0 Å². The molecule has 0 radical (unpaired) electrons. The summed E-state index contributed by atoms with van der Waals surface area (Å²) in [5.74, 6) is 6.85. The maximum atomic E-state index is 5.48. The van der Waals surface area contributed by atoms with Crippen LogP contribution in [0.15, 0.2) is 4.99 Å². The van der Waals surface area contributed by atoms with Crippen molar-refractivity contribution in [3.8, 4) is 0 Å². The summed E-state index contributed by atoms with van der Waals surface area (Å²) in [5.41, 5.74) is 2.63. The maximum absolute atomic E-state index is 5.48. The summed E-state index contributed by atoms with van der Waals surface area (Å²) >= 11 is 0. The van der Waals surface area contributed by atoms with Gasteiger partial charge in [0.2, 0.25) is 5.96 Å². The molecule has 0 bridgehead atoms. The van der Waals surface area contributed by atoms with Gasteiger partial charge in [0.15, 0.2) is 0 Å². The Hall–Kier alpha value is -0.810. The highest BCUT2D eigenvalue weighted by Crippen LogP contribution is 2.28. The zero-order valence-electron chi connectivity index (χ0n) is 11.2. The van der Waals surface area contributed by atoms with Crippen LogP contribution in [-0.2, 0) is 4.74 Å². The second kappa shape index (κ2) is 7.50. The predicted octanol–water partition coefficient (Wildman–Crippen LogP) is 1.01. The molecule has 0 aromatic carbocycles. The molecule has 1 aliphatic rings. The van der Waals surface area contributed by atoms with Gasteiger partial charge in [-0.05, 0) is 32.6 Å². The van der Waals surface area contributed by atoms with Crippen LogP contribution in [0, 0.1) is 5.92 Å². The number of guanidine groups is 1. The summed E-state index contributed by atoms with van der Waals surface area (Å²) in [5, 5.41) is 3.21. The Morgan fingerprint density at radius 2 is 2.06 bits per heavy atom. The smallest absolute Gasteiger partial charge is 0.206 e. The Morgan fingerprint density at radius 1 is 1.41 bits per heavy atom. The normalized spacial score (nSPS) is 21.3. The standard InChI is InChI=1S/C12H26N4O/c1-9(8-17-3)14-12(16-13)15-10(2)11-6-4-5-7-11/h9-11H,4-8,13H2,1-3H3,(H2,14,15,16). The monoisotopic (exact) mass is 242 g/mol. The highest BCUT2D eigenvalue weighted by atomic mass is 16.5. The van der Waals surface area contributed by atoms with E-state index in [1.54, 1.807) is 7.11 Å². The van der Waals surface area contributed by atoms with E-state index in [4.69, 9.17) is 10.6 Å². The summed E-state index contributed by atoms with van der Waals surface area (Å²) in [6.45, 7) is 4.84. The summed E-state index contributed by atoms with van der Waals surface area (Å²) in [7, 11) is 1.69. The average molecular weight is 242 g/mol. The minimum Gasteiger partial charge on any atom is -0.383 e. The number of nitrogens with zero attached hydrogens (tertiary/aromatic N) is 1. The predicted molar refractivity (Wildman–Crippen MR) is 70.7 cm³/mol. The van der Waals surface area contributed by atoms with Crippen LogP contribution in [0.1, 0.15) is 39.5 Å². The van der Waals surface area contributed by atoms with Gasteiger partial charge in [0.05, 0.1) is 12.6 Å². The lowest BCUT2D eigenvalue weighted by Gasteiger charge is -2.19. The fourth-order valence-electron chi connectivity index (χ4n) is 2.39. The second-order valence-electron chi connectivity index (χ2n) is 4.91. The molecule has 1 rings (SSSR count). The molecule has 4 N–H and O–H groups in total. The van der Waals surface area contributed by atoms with Gasteiger partial charge < -0.3 is 10.1 Å². The molecule has 17 heavy (non-hydrogen) atoms. The Labute approximate surface area is 104 Å². The first-order valence-electron chi connectivity index (χ1n) is 6.47. The van der Waals surface area contributed by atoms with Crippen molar-refractivity contribution >= 4 is 5.96 Å². The first-order chi connectivity index (χ1) is 8.17. The number of hydrogen-bond donors (Lipinski definition) is 3. The Kier molecular flexibility index (Phi) is 6.29. The third-order valence-corrected chi connectivity index (χ3v) is 3.35. The van der Waals surface area contributed by atoms with Crippen molar-refractivity contribution in [2.24, 2.45) is 16.8 Å². The number of ether oxygens (including phenoxy) is 1. The largest absolute Gasteiger partial charge is 0.383 e. The number of nitrogens with two attached hydrogens (primary N) is 1. The number of hydrazine groups is 1. The third-order valence-electron chi connectivity index (χ3n) is 3.35. The molecule has 5 heteroatoms. The zero-order valence-corrected chi connectivity index (χ0v) is 11.2. The molecule has 100 valence electrons. The number of rotatable bonds is 5. The molecule has 2 atom stereocenters. The van der Waals surface area contributed by atoms with Crippen LogP contribution in [0.3, 0.4) is 0 Å². The highest BCUT2D eigenvalue weighted by molar-refractivity contribution is 5.79. The second-order valence-corrected chi connectivity index (χ2v) is 4.91. The van der Waals surface area contributed by atoms with Crippen molar-refractivity contribution < 1.29 is 4.74 Å².